The number of aromatic nitrogens is 1. The number of carbonyl (C=O) groups is 2. The zero-order chi connectivity index (χ0) is 19.3. The van der Waals surface area contributed by atoms with Crippen molar-refractivity contribution in [1.29, 1.82) is 0 Å². The van der Waals surface area contributed by atoms with Crippen LogP contribution in [0, 0.1) is 29.6 Å². The molecule has 0 unspecified atom stereocenters. The van der Waals surface area contributed by atoms with Gasteiger partial charge in [0.25, 0.3) is 0 Å². The Hall–Kier alpha value is -1.58. The van der Waals surface area contributed by atoms with Crippen LogP contribution in [-0.4, -0.2) is 27.3 Å². The van der Waals surface area contributed by atoms with Crippen molar-refractivity contribution in [3.8, 4) is 5.75 Å². The SMILES string of the molecule is O=C1OC(=O)[C@@H]2[C@H]3C[C@H]([C@@H]12)[C@@H]1[C@H](c2cc(Br)ccc2O)c2sc(=O)[nH]c2S[C@@H]31. The summed E-state index contributed by atoms with van der Waals surface area (Å²) < 4.78 is 5.82. The number of ether oxygens (including phenoxy) is 1. The van der Waals surface area contributed by atoms with Crippen LogP contribution >= 0.6 is 39.0 Å². The zero-order valence-corrected chi connectivity index (χ0v) is 17.5. The smallest absolute Gasteiger partial charge is 0.317 e. The van der Waals surface area contributed by atoms with Crippen molar-refractivity contribution in [2.24, 2.45) is 29.6 Å². The fourth-order valence-electron chi connectivity index (χ4n) is 5.94. The first-order valence-electron chi connectivity index (χ1n) is 9.07. The molecule has 2 aliphatic carbocycles. The molecule has 6 rings (SSSR count). The standard InChI is InChI=1S/C19H14BrNO5S2/c20-5-1-2-9(22)6(3-5)10-11-7-4-8(13-12(7)17(23)26-18(13)24)14(11)27-16-15(10)28-19(25)21-16/h1-3,7-8,10-14,22H,4H2,(H,21,25)/t7-,8+,10-,11+,12+,13+,14-/m0/s1. The van der Waals surface area contributed by atoms with E-state index in [9.17, 15) is 19.5 Å². The van der Waals surface area contributed by atoms with Crippen molar-refractivity contribution in [3.05, 3.63) is 42.8 Å². The molecular weight excluding hydrogens is 466 g/mol. The summed E-state index contributed by atoms with van der Waals surface area (Å²) in [4.78, 5) is 40.5. The maximum absolute atomic E-state index is 12.4. The molecule has 7 atom stereocenters. The van der Waals surface area contributed by atoms with Crippen LogP contribution in [-0.2, 0) is 14.3 Å². The maximum atomic E-state index is 12.4. The molecule has 1 aromatic carbocycles. The van der Waals surface area contributed by atoms with Gasteiger partial charge in [-0.3, -0.25) is 14.4 Å². The van der Waals surface area contributed by atoms with Crippen molar-refractivity contribution in [2.75, 3.05) is 0 Å². The van der Waals surface area contributed by atoms with Crippen molar-refractivity contribution < 1.29 is 19.4 Å². The molecule has 3 fully saturated rings. The molecule has 9 heteroatoms. The van der Waals surface area contributed by atoms with Gasteiger partial charge in [0.15, 0.2) is 0 Å². The minimum absolute atomic E-state index is 0.0141. The van der Waals surface area contributed by atoms with E-state index >= 15 is 0 Å². The second-order valence-electron chi connectivity index (χ2n) is 7.90. The summed E-state index contributed by atoms with van der Waals surface area (Å²) in [6, 6.07) is 5.31. The van der Waals surface area contributed by atoms with Crippen molar-refractivity contribution in [1.82, 2.24) is 4.98 Å². The van der Waals surface area contributed by atoms with Crippen LogP contribution in [0.4, 0.5) is 0 Å². The van der Waals surface area contributed by atoms with Crippen LogP contribution in [0.15, 0.2) is 32.5 Å². The molecule has 0 radical (unpaired) electrons. The predicted octanol–water partition coefficient (Wildman–Crippen LogP) is 3.09. The van der Waals surface area contributed by atoms with E-state index in [0.717, 1.165) is 26.4 Å². The molecule has 28 heavy (non-hydrogen) atoms. The summed E-state index contributed by atoms with van der Waals surface area (Å²) in [5.74, 6) is -1.45. The van der Waals surface area contributed by atoms with Gasteiger partial charge in [-0.15, -0.1) is 11.8 Å². The molecule has 2 saturated carbocycles. The molecule has 3 heterocycles. The number of aromatic amines is 1. The van der Waals surface area contributed by atoms with E-state index in [1.165, 1.54) is 11.3 Å². The number of hydrogen-bond acceptors (Lipinski definition) is 7. The van der Waals surface area contributed by atoms with Crippen molar-refractivity contribution in [2.45, 2.75) is 22.6 Å². The van der Waals surface area contributed by atoms with Crippen LogP contribution in [0.3, 0.4) is 0 Å². The Morgan fingerprint density at radius 3 is 2.68 bits per heavy atom. The Balaban J connectivity index is 1.55. The summed E-state index contributed by atoms with van der Waals surface area (Å²) in [6.45, 7) is 0. The lowest BCUT2D eigenvalue weighted by Crippen LogP contribution is -2.42. The van der Waals surface area contributed by atoms with E-state index in [1.807, 2.05) is 6.07 Å². The Kier molecular flexibility index (Phi) is 3.54. The molecule has 1 saturated heterocycles. The van der Waals surface area contributed by atoms with Gasteiger partial charge in [-0.2, -0.15) is 0 Å². The fraction of sp³-hybridized carbons (Fsp3) is 0.421. The van der Waals surface area contributed by atoms with Gasteiger partial charge in [-0.25, -0.2) is 0 Å². The van der Waals surface area contributed by atoms with Gasteiger partial charge in [-0.1, -0.05) is 27.3 Å². The lowest BCUT2D eigenvalue weighted by atomic mass is 9.68. The summed E-state index contributed by atoms with van der Waals surface area (Å²) in [5, 5.41) is 11.6. The zero-order valence-electron chi connectivity index (χ0n) is 14.3. The lowest BCUT2D eigenvalue weighted by Gasteiger charge is -2.42. The third-order valence-electron chi connectivity index (χ3n) is 6.78. The summed E-state index contributed by atoms with van der Waals surface area (Å²) in [7, 11) is 0. The van der Waals surface area contributed by atoms with E-state index in [-0.39, 0.29) is 45.5 Å². The molecule has 1 aromatic heterocycles. The van der Waals surface area contributed by atoms with Crippen molar-refractivity contribution in [3.63, 3.8) is 0 Å². The van der Waals surface area contributed by atoms with Gasteiger partial charge < -0.3 is 14.8 Å². The van der Waals surface area contributed by atoms with Crippen LogP contribution in [0.25, 0.3) is 0 Å². The van der Waals surface area contributed by atoms with E-state index in [2.05, 4.69) is 20.9 Å². The number of fused-ring (bicyclic) bond motifs is 9. The number of carbonyl (C=O) groups excluding carboxylic acids is 2. The van der Waals surface area contributed by atoms with E-state index in [1.54, 1.807) is 23.9 Å². The summed E-state index contributed by atoms with van der Waals surface area (Å²) >= 11 is 6.27. The van der Waals surface area contributed by atoms with Gasteiger partial charge in [-0.05, 0) is 42.4 Å². The molecule has 4 aliphatic rings. The van der Waals surface area contributed by atoms with Crippen molar-refractivity contribution >= 4 is 51.0 Å². The van der Waals surface area contributed by atoms with Gasteiger partial charge in [0.2, 0.25) is 0 Å². The second-order valence-corrected chi connectivity index (χ2v) is 11.0. The number of aromatic hydroxyl groups is 1. The largest absolute Gasteiger partial charge is 0.508 e. The minimum Gasteiger partial charge on any atom is -0.508 e. The Morgan fingerprint density at radius 1 is 1.14 bits per heavy atom. The predicted molar refractivity (Wildman–Crippen MR) is 105 cm³/mol. The van der Waals surface area contributed by atoms with E-state index < -0.39 is 17.9 Å². The number of cyclic esters (lactones) is 2. The normalized spacial score (nSPS) is 37.5. The topological polar surface area (TPSA) is 96.5 Å². The molecule has 0 spiro atoms. The van der Waals surface area contributed by atoms with Crippen LogP contribution in [0.5, 0.6) is 5.75 Å². The first-order chi connectivity index (χ1) is 13.4. The van der Waals surface area contributed by atoms with Crippen LogP contribution < -0.4 is 4.87 Å². The summed E-state index contributed by atoms with van der Waals surface area (Å²) in [6.07, 6.45) is 0.808. The van der Waals surface area contributed by atoms with E-state index in [0.29, 0.717) is 0 Å². The quantitative estimate of drug-likeness (QED) is 0.481. The molecule has 144 valence electrons. The highest BCUT2D eigenvalue weighted by Crippen LogP contribution is 2.68. The number of benzene rings is 1. The number of esters is 2. The third-order valence-corrected chi connectivity index (χ3v) is 9.86. The number of nitrogens with one attached hydrogen (secondary N) is 1. The Bertz CT molecular complexity index is 1110. The van der Waals surface area contributed by atoms with Gasteiger partial charge in [0.05, 0.1) is 16.9 Å². The highest BCUT2D eigenvalue weighted by Gasteiger charge is 2.69. The minimum atomic E-state index is -0.406. The number of phenols is 1. The van der Waals surface area contributed by atoms with Crippen LogP contribution in [0.2, 0.25) is 0 Å². The molecule has 2 N–H and O–H groups in total. The van der Waals surface area contributed by atoms with E-state index in [4.69, 9.17) is 4.74 Å². The molecule has 2 bridgehead atoms. The second kappa shape index (κ2) is 5.73. The first-order valence-corrected chi connectivity index (χ1v) is 11.6. The molecule has 2 aromatic rings. The highest BCUT2D eigenvalue weighted by atomic mass is 79.9. The number of thioether (sulfide) groups is 1. The first kappa shape index (κ1) is 17.3. The number of hydrogen-bond donors (Lipinski definition) is 2. The molecular formula is C19H14BrNO5S2. The lowest BCUT2D eigenvalue weighted by molar-refractivity contribution is -0.154. The maximum Gasteiger partial charge on any atom is 0.317 e. The fourth-order valence-corrected chi connectivity index (χ4v) is 9.20. The molecule has 0 amide bonds. The monoisotopic (exact) mass is 479 g/mol. The number of rotatable bonds is 1. The average molecular weight is 480 g/mol. The number of H-pyrrole nitrogens is 1. The number of halogens is 1. The average Bonchev–Trinajstić information content (AvgIpc) is 3.36. The summed E-state index contributed by atoms with van der Waals surface area (Å²) in [5.41, 5.74) is 0.753. The Labute approximate surface area is 175 Å². The molecule has 2 aliphatic heterocycles. The van der Waals surface area contributed by atoms with Gasteiger partial charge >= 0.3 is 16.8 Å². The van der Waals surface area contributed by atoms with Gasteiger partial charge in [0.1, 0.15) is 5.75 Å². The highest BCUT2D eigenvalue weighted by molar-refractivity contribution is 9.10. The van der Waals surface area contributed by atoms with Crippen LogP contribution in [0.1, 0.15) is 22.8 Å². The molecule has 6 nitrogen and oxygen atoms in total. The number of phenolic OH excluding ortho intramolecular Hbond substituents is 1. The Morgan fingerprint density at radius 2 is 1.89 bits per heavy atom. The third kappa shape index (κ3) is 2.12. The number of thiazole rings is 1. The van der Waals surface area contributed by atoms with Gasteiger partial charge in [0, 0.05) is 26.1 Å².